The second-order valence-electron chi connectivity index (χ2n) is 5.64. The zero-order chi connectivity index (χ0) is 16.6. The first-order chi connectivity index (χ1) is 11.0. The molecule has 23 heavy (non-hydrogen) atoms. The molecule has 0 aliphatic carbocycles. The molecule has 1 aromatic heterocycles. The van der Waals surface area contributed by atoms with Gasteiger partial charge in [0.05, 0.1) is 11.6 Å². The highest BCUT2D eigenvalue weighted by atomic mass is 32.2. The Labute approximate surface area is 139 Å². The van der Waals surface area contributed by atoms with Crippen LogP contribution in [0.1, 0.15) is 32.9 Å². The lowest BCUT2D eigenvalue weighted by atomic mass is 9.99. The van der Waals surface area contributed by atoms with Gasteiger partial charge in [0.15, 0.2) is 0 Å². The van der Waals surface area contributed by atoms with Crippen LogP contribution in [0.25, 0.3) is 0 Å². The molecule has 5 nitrogen and oxygen atoms in total. The Morgan fingerprint density at radius 1 is 1.35 bits per heavy atom. The minimum absolute atomic E-state index is 0.307. The third-order valence-electron chi connectivity index (χ3n) is 4.25. The van der Waals surface area contributed by atoms with Gasteiger partial charge in [-0.2, -0.15) is 5.26 Å². The second-order valence-corrected chi connectivity index (χ2v) is 6.78. The molecule has 0 unspecified atom stereocenters. The number of hydrogen-bond acceptors (Lipinski definition) is 4. The number of rotatable bonds is 3. The minimum atomic E-state index is -0.907. The standard InChI is InChI=1S/C17H17N3O2S/c1-11-16(8-15(17(21)22)19(11)2)23-20-6-5-13-7-12(9-18)3-4-14(13)10-20/h3-4,7-8H,5-6,10H2,1-2H3,(H,21,22). The summed E-state index contributed by atoms with van der Waals surface area (Å²) in [5, 5.41) is 18.2. The topological polar surface area (TPSA) is 69.3 Å². The van der Waals surface area contributed by atoms with Gasteiger partial charge in [0.2, 0.25) is 0 Å². The molecule has 6 heteroatoms. The van der Waals surface area contributed by atoms with Crippen LogP contribution in [0.3, 0.4) is 0 Å². The number of carboxylic acid groups (broad SMARTS) is 1. The Bertz CT molecular complexity index is 820. The van der Waals surface area contributed by atoms with Crippen LogP contribution in [0.15, 0.2) is 29.2 Å². The van der Waals surface area contributed by atoms with Crippen molar-refractivity contribution in [2.45, 2.75) is 24.8 Å². The highest BCUT2D eigenvalue weighted by Gasteiger charge is 2.21. The van der Waals surface area contributed by atoms with Gasteiger partial charge in [-0.15, -0.1) is 0 Å². The van der Waals surface area contributed by atoms with Crippen LogP contribution in [0.4, 0.5) is 0 Å². The van der Waals surface area contributed by atoms with Gasteiger partial charge in [-0.25, -0.2) is 9.10 Å². The molecule has 0 bridgehead atoms. The van der Waals surface area contributed by atoms with Crippen molar-refractivity contribution in [1.29, 1.82) is 5.26 Å². The molecule has 0 saturated carbocycles. The first-order valence-electron chi connectivity index (χ1n) is 7.34. The first-order valence-corrected chi connectivity index (χ1v) is 8.11. The van der Waals surface area contributed by atoms with E-state index in [4.69, 9.17) is 5.26 Å². The number of carbonyl (C=O) groups is 1. The summed E-state index contributed by atoms with van der Waals surface area (Å²) < 4.78 is 3.95. The minimum Gasteiger partial charge on any atom is -0.477 e. The summed E-state index contributed by atoms with van der Waals surface area (Å²) in [7, 11) is 1.78. The van der Waals surface area contributed by atoms with Crippen molar-refractivity contribution in [3.05, 3.63) is 52.3 Å². The highest BCUT2D eigenvalue weighted by molar-refractivity contribution is 7.97. The molecule has 1 aliphatic heterocycles. The molecule has 1 aromatic carbocycles. The van der Waals surface area contributed by atoms with Crippen molar-refractivity contribution in [3.63, 3.8) is 0 Å². The van der Waals surface area contributed by atoms with Crippen LogP contribution in [0, 0.1) is 18.3 Å². The van der Waals surface area contributed by atoms with Crippen molar-refractivity contribution in [1.82, 2.24) is 8.87 Å². The molecule has 0 saturated heterocycles. The van der Waals surface area contributed by atoms with Crippen molar-refractivity contribution >= 4 is 17.9 Å². The number of hydrogen-bond donors (Lipinski definition) is 1. The van der Waals surface area contributed by atoms with E-state index < -0.39 is 5.97 Å². The fourth-order valence-electron chi connectivity index (χ4n) is 2.78. The fourth-order valence-corrected chi connectivity index (χ4v) is 3.88. The Morgan fingerprint density at radius 2 is 2.13 bits per heavy atom. The number of fused-ring (bicyclic) bond motifs is 1. The lowest BCUT2D eigenvalue weighted by molar-refractivity contribution is 0.0686. The van der Waals surface area contributed by atoms with E-state index in [1.165, 1.54) is 11.1 Å². The van der Waals surface area contributed by atoms with Crippen molar-refractivity contribution in [3.8, 4) is 6.07 Å². The molecule has 118 valence electrons. The number of aromatic carboxylic acids is 1. The number of aromatic nitrogens is 1. The molecule has 3 rings (SSSR count). The average molecular weight is 327 g/mol. The van der Waals surface area contributed by atoms with Crippen LogP contribution in [0.2, 0.25) is 0 Å². The molecule has 2 heterocycles. The number of nitrogens with zero attached hydrogens (tertiary/aromatic N) is 3. The third kappa shape index (κ3) is 2.98. The predicted octanol–water partition coefficient (Wildman–Crippen LogP) is 2.97. The molecule has 0 atom stereocenters. The van der Waals surface area contributed by atoms with E-state index in [9.17, 15) is 9.90 Å². The quantitative estimate of drug-likeness (QED) is 0.878. The van der Waals surface area contributed by atoms with Gasteiger partial charge >= 0.3 is 5.97 Å². The van der Waals surface area contributed by atoms with Crippen LogP contribution >= 0.6 is 11.9 Å². The Hall–Kier alpha value is -2.23. The Kier molecular flexibility index (Phi) is 4.16. The van der Waals surface area contributed by atoms with Gasteiger partial charge in [0, 0.05) is 30.7 Å². The summed E-state index contributed by atoms with van der Waals surface area (Å²) in [4.78, 5) is 12.2. The maximum atomic E-state index is 11.2. The van der Waals surface area contributed by atoms with Crippen LogP contribution < -0.4 is 0 Å². The summed E-state index contributed by atoms with van der Waals surface area (Å²) in [5.41, 5.74) is 4.43. The van der Waals surface area contributed by atoms with Crippen molar-refractivity contribution in [2.75, 3.05) is 6.54 Å². The highest BCUT2D eigenvalue weighted by Crippen LogP contribution is 2.32. The number of nitriles is 1. The predicted molar refractivity (Wildman–Crippen MR) is 88.2 cm³/mol. The molecular formula is C17H17N3O2S. The summed E-state index contributed by atoms with van der Waals surface area (Å²) in [5.74, 6) is -0.907. The monoisotopic (exact) mass is 327 g/mol. The molecular weight excluding hydrogens is 310 g/mol. The third-order valence-corrected chi connectivity index (χ3v) is 5.43. The van der Waals surface area contributed by atoms with Crippen LogP contribution in [0.5, 0.6) is 0 Å². The maximum Gasteiger partial charge on any atom is 0.352 e. The molecule has 1 N–H and O–H groups in total. The van der Waals surface area contributed by atoms with E-state index in [1.807, 2.05) is 25.1 Å². The molecule has 1 aliphatic rings. The lowest BCUT2D eigenvalue weighted by Crippen LogP contribution is -2.24. The smallest absolute Gasteiger partial charge is 0.352 e. The molecule has 0 fully saturated rings. The normalized spacial score (nSPS) is 14.3. The van der Waals surface area contributed by atoms with Crippen molar-refractivity contribution in [2.24, 2.45) is 7.05 Å². The van der Waals surface area contributed by atoms with E-state index in [0.717, 1.165) is 30.1 Å². The zero-order valence-electron chi connectivity index (χ0n) is 13.0. The van der Waals surface area contributed by atoms with E-state index in [-0.39, 0.29) is 0 Å². The lowest BCUT2D eigenvalue weighted by Gasteiger charge is -2.27. The van der Waals surface area contributed by atoms with E-state index in [2.05, 4.69) is 10.4 Å². The second kappa shape index (κ2) is 6.11. The van der Waals surface area contributed by atoms with E-state index in [0.29, 0.717) is 11.3 Å². The molecule has 0 amide bonds. The van der Waals surface area contributed by atoms with Gasteiger partial charge in [0.1, 0.15) is 5.69 Å². The molecule has 0 radical (unpaired) electrons. The summed E-state index contributed by atoms with van der Waals surface area (Å²) >= 11 is 1.60. The Balaban J connectivity index is 1.79. The Morgan fingerprint density at radius 3 is 2.78 bits per heavy atom. The molecule has 2 aromatic rings. The van der Waals surface area contributed by atoms with Gasteiger partial charge in [0.25, 0.3) is 0 Å². The van der Waals surface area contributed by atoms with Crippen molar-refractivity contribution < 1.29 is 9.90 Å². The van der Waals surface area contributed by atoms with Crippen LogP contribution in [-0.4, -0.2) is 26.5 Å². The van der Waals surface area contributed by atoms with E-state index in [1.54, 1.807) is 29.6 Å². The largest absolute Gasteiger partial charge is 0.477 e. The van der Waals surface area contributed by atoms with E-state index >= 15 is 0 Å². The van der Waals surface area contributed by atoms with Gasteiger partial charge < -0.3 is 9.67 Å². The summed E-state index contributed by atoms with van der Waals surface area (Å²) in [6, 6.07) is 9.74. The van der Waals surface area contributed by atoms with Gasteiger partial charge in [-0.1, -0.05) is 6.07 Å². The summed E-state index contributed by atoms with van der Waals surface area (Å²) in [6.45, 7) is 3.61. The number of benzene rings is 1. The summed E-state index contributed by atoms with van der Waals surface area (Å²) in [6.07, 6.45) is 0.898. The SMILES string of the molecule is Cc1c(SN2CCc3cc(C#N)ccc3C2)cc(C(=O)O)n1C. The van der Waals surface area contributed by atoms with Gasteiger partial charge in [-0.3, -0.25) is 0 Å². The van der Waals surface area contributed by atoms with Gasteiger partial charge in [-0.05, 0) is 54.6 Å². The molecule has 0 spiro atoms. The number of carboxylic acids is 1. The first kappa shape index (κ1) is 15.7. The maximum absolute atomic E-state index is 11.2. The van der Waals surface area contributed by atoms with Crippen LogP contribution in [-0.2, 0) is 20.0 Å². The average Bonchev–Trinajstić information content (AvgIpc) is 2.83. The fraction of sp³-hybridized carbons (Fsp3) is 0.294. The zero-order valence-corrected chi connectivity index (χ0v) is 13.9.